The van der Waals surface area contributed by atoms with Crippen LogP contribution in [0.15, 0.2) is 30.3 Å². The molecule has 0 aliphatic heterocycles. The van der Waals surface area contributed by atoms with Gasteiger partial charge in [0.05, 0.1) is 0 Å². The van der Waals surface area contributed by atoms with Crippen LogP contribution >= 0.6 is 0 Å². The summed E-state index contributed by atoms with van der Waals surface area (Å²) in [6, 6.07) is 10.8. The molecule has 0 N–H and O–H groups in total. The van der Waals surface area contributed by atoms with Crippen molar-refractivity contribution in [1.82, 2.24) is 0 Å². The van der Waals surface area contributed by atoms with Gasteiger partial charge in [-0.3, -0.25) is 0 Å². The van der Waals surface area contributed by atoms with Gasteiger partial charge in [0.15, 0.2) is 0 Å². The first-order valence-electron chi connectivity index (χ1n) is 10.6. The average molecular weight is 367 g/mol. The fourth-order valence-corrected chi connectivity index (χ4v) is 3.86. The Bertz CT molecular complexity index is 753. The average Bonchev–Trinajstić information content (AvgIpc) is 2.58. The minimum absolute atomic E-state index is 0.498. The molecule has 0 aromatic heterocycles. The number of para-hydroxylation sites is 1. The van der Waals surface area contributed by atoms with E-state index in [1.165, 1.54) is 27.8 Å². The summed E-state index contributed by atoms with van der Waals surface area (Å²) in [4.78, 5) is 0. The molecule has 148 valence electrons. The van der Waals surface area contributed by atoms with Crippen LogP contribution in [0, 0.1) is 18.8 Å². The van der Waals surface area contributed by atoms with Gasteiger partial charge in [-0.25, -0.2) is 0 Å². The monoisotopic (exact) mass is 366 g/mol. The predicted octanol–water partition coefficient (Wildman–Crippen LogP) is 7.87. The van der Waals surface area contributed by atoms with Crippen molar-refractivity contribution in [1.29, 1.82) is 0 Å². The molecule has 0 aliphatic rings. The van der Waals surface area contributed by atoms with Crippen molar-refractivity contribution in [3.8, 4) is 11.5 Å². The van der Waals surface area contributed by atoms with Crippen molar-refractivity contribution in [2.24, 2.45) is 11.8 Å². The number of ether oxygens (including phenoxy) is 1. The molecule has 0 heterocycles. The first kappa shape index (κ1) is 21.5. The van der Waals surface area contributed by atoms with Crippen molar-refractivity contribution >= 4 is 0 Å². The SMILES string of the molecule is CCc1c(C(C)C)cc(CC(C)C)c(CC(C)C)c1Oc1ccccc1C. The zero-order chi connectivity index (χ0) is 20.1. The minimum Gasteiger partial charge on any atom is -0.457 e. The summed E-state index contributed by atoms with van der Waals surface area (Å²) >= 11 is 0. The summed E-state index contributed by atoms with van der Waals surface area (Å²) in [5.41, 5.74) is 6.92. The lowest BCUT2D eigenvalue weighted by Gasteiger charge is -2.25. The Labute approximate surface area is 167 Å². The van der Waals surface area contributed by atoms with E-state index >= 15 is 0 Å². The summed E-state index contributed by atoms with van der Waals surface area (Å²) in [5.74, 6) is 3.84. The van der Waals surface area contributed by atoms with E-state index in [1.54, 1.807) is 0 Å². The molecule has 0 aliphatic carbocycles. The topological polar surface area (TPSA) is 9.23 Å². The van der Waals surface area contributed by atoms with Gasteiger partial charge in [-0.05, 0) is 77.8 Å². The molecular formula is C26H38O. The van der Waals surface area contributed by atoms with E-state index in [9.17, 15) is 0 Å². The van der Waals surface area contributed by atoms with Crippen LogP contribution in [0.25, 0.3) is 0 Å². The standard InChI is InChI=1S/C26H38O/c1-9-22-23(19(6)7)16-21(14-17(2)3)24(15-18(4)5)26(22)27-25-13-11-10-12-20(25)8/h10-13,16-19H,9,14-15H2,1-8H3. The Morgan fingerprint density at radius 2 is 1.48 bits per heavy atom. The second-order valence-electron chi connectivity index (χ2n) is 8.98. The van der Waals surface area contributed by atoms with E-state index in [0.717, 1.165) is 30.8 Å². The quantitative estimate of drug-likeness (QED) is 0.462. The second kappa shape index (κ2) is 9.44. The molecule has 0 saturated heterocycles. The fourth-order valence-electron chi connectivity index (χ4n) is 3.86. The third-order valence-corrected chi connectivity index (χ3v) is 5.14. The molecule has 0 unspecified atom stereocenters. The molecule has 2 aromatic rings. The Morgan fingerprint density at radius 3 is 2.00 bits per heavy atom. The van der Waals surface area contributed by atoms with E-state index < -0.39 is 0 Å². The number of benzene rings is 2. The summed E-state index contributed by atoms with van der Waals surface area (Å²) in [6.45, 7) is 18.2. The van der Waals surface area contributed by atoms with Gasteiger partial charge >= 0.3 is 0 Å². The lowest BCUT2D eigenvalue weighted by Crippen LogP contribution is -2.11. The summed E-state index contributed by atoms with van der Waals surface area (Å²) in [6.07, 6.45) is 3.17. The van der Waals surface area contributed by atoms with Crippen LogP contribution in [0.2, 0.25) is 0 Å². The molecule has 0 saturated carbocycles. The van der Waals surface area contributed by atoms with Gasteiger partial charge < -0.3 is 4.74 Å². The zero-order valence-corrected chi connectivity index (χ0v) is 18.6. The normalized spacial score (nSPS) is 11.7. The highest BCUT2D eigenvalue weighted by molar-refractivity contribution is 5.54. The molecule has 0 bridgehead atoms. The zero-order valence-electron chi connectivity index (χ0n) is 18.6. The molecule has 1 heteroatoms. The van der Waals surface area contributed by atoms with Crippen LogP contribution in [0.4, 0.5) is 0 Å². The fraction of sp³-hybridized carbons (Fsp3) is 0.538. The second-order valence-corrected chi connectivity index (χ2v) is 8.98. The van der Waals surface area contributed by atoms with Gasteiger partial charge in [-0.1, -0.05) is 72.7 Å². The number of hydrogen-bond acceptors (Lipinski definition) is 1. The highest BCUT2D eigenvalue weighted by atomic mass is 16.5. The van der Waals surface area contributed by atoms with Crippen molar-refractivity contribution in [3.63, 3.8) is 0 Å². The van der Waals surface area contributed by atoms with Gasteiger partial charge in [0.1, 0.15) is 11.5 Å². The van der Waals surface area contributed by atoms with Gasteiger partial charge in [0.25, 0.3) is 0 Å². The third kappa shape index (κ3) is 5.37. The maximum Gasteiger partial charge on any atom is 0.134 e. The Balaban J connectivity index is 2.73. The molecule has 2 aromatic carbocycles. The maximum absolute atomic E-state index is 6.68. The molecule has 1 nitrogen and oxygen atoms in total. The molecule has 0 radical (unpaired) electrons. The van der Waals surface area contributed by atoms with Crippen LogP contribution < -0.4 is 4.74 Å². The van der Waals surface area contributed by atoms with Crippen LogP contribution in [0.1, 0.15) is 82.2 Å². The lowest BCUT2D eigenvalue weighted by molar-refractivity contribution is 0.457. The largest absolute Gasteiger partial charge is 0.457 e. The first-order chi connectivity index (χ1) is 12.7. The Hall–Kier alpha value is -1.76. The predicted molar refractivity (Wildman–Crippen MR) is 118 cm³/mol. The molecule has 0 fully saturated rings. The molecule has 0 spiro atoms. The van der Waals surface area contributed by atoms with Crippen molar-refractivity contribution in [2.75, 3.05) is 0 Å². The minimum atomic E-state index is 0.498. The van der Waals surface area contributed by atoms with Gasteiger partial charge in [0.2, 0.25) is 0 Å². The van der Waals surface area contributed by atoms with Gasteiger partial charge in [-0.15, -0.1) is 0 Å². The number of rotatable bonds is 8. The molecule has 2 rings (SSSR count). The summed E-state index contributed by atoms with van der Waals surface area (Å²) in [7, 11) is 0. The van der Waals surface area contributed by atoms with Crippen LogP contribution in [-0.4, -0.2) is 0 Å². The van der Waals surface area contributed by atoms with E-state index in [4.69, 9.17) is 4.74 Å². The van der Waals surface area contributed by atoms with E-state index in [0.29, 0.717) is 17.8 Å². The van der Waals surface area contributed by atoms with E-state index in [2.05, 4.69) is 85.7 Å². The van der Waals surface area contributed by atoms with Crippen molar-refractivity contribution in [2.45, 2.75) is 80.6 Å². The van der Waals surface area contributed by atoms with Crippen LogP contribution in [0.3, 0.4) is 0 Å². The van der Waals surface area contributed by atoms with E-state index in [-0.39, 0.29) is 0 Å². The third-order valence-electron chi connectivity index (χ3n) is 5.14. The smallest absolute Gasteiger partial charge is 0.134 e. The highest BCUT2D eigenvalue weighted by Gasteiger charge is 2.22. The van der Waals surface area contributed by atoms with Crippen LogP contribution in [0.5, 0.6) is 11.5 Å². The van der Waals surface area contributed by atoms with Crippen molar-refractivity contribution < 1.29 is 4.74 Å². The number of hydrogen-bond donors (Lipinski definition) is 0. The van der Waals surface area contributed by atoms with Gasteiger partial charge in [-0.2, -0.15) is 0 Å². The highest BCUT2D eigenvalue weighted by Crippen LogP contribution is 2.40. The van der Waals surface area contributed by atoms with Crippen LogP contribution in [-0.2, 0) is 19.3 Å². The lowest BCUT2D eigenvalue weighted by atomic mass is 9.84. The van der Waals surface area contributed by atoms with Gasteiger partial charge in [0, 0.05) is 0 Å². The Morgan fingerprint density at radius 1 is 0.852 bits per heavy atom. The molecular weight excluding hydrogens is 328 g/mol. The molecule has 27 heavy (non-hydrogen) atoms. The van der Waals surface area contributed by atoms with Crippen molar-refractivity contribution in [3.05, 3.63) is 58.1 Å². The maximum atomic E-state index is 6.68. The Kier molecular flexibility index (Phi) is 7.53. The first-order valence-corrected chi connectivity index (χ1v) is 10.6. The van der Waals surface area contributed by atoms with E-state index in [1.807, 2.05) is 0 Å². The molecule has 0 atom stereocenters. The number of aryl methyl sites for hydroxylation is 1. The summed E-state index contributed by atoms with van der Waals surface area (Å²) in [5, 5.41) is 0. The summed E-state index contributed by atoms with van der Waals surface area (Å²) < 4.78 is 6.68. The molecule has 0 amide bonds.